The molecule has 3 aromatic heterocycles. The third-order valence-electron chi connectivity index (χ3n) is 6.00. The van der Waals surface area contributed by atoms with Gasteiger partial charge in [-0.2, -0.15) is 5.10 Å². The number of hydrogen-bond acceptors (Lipinski definition) is 5. The predicted octanol–water partition coefficient (Wildman–Crippen LogP) is 5.47. The molecule has 1 aromatic carbocycles. The van der Waals surface area contributed by atoms with Crippen LogP contribution >= 0.6 is 11.3 Å². The number of anilines is 1. The first-order valence-electron chi connectivity index (χ1n) is 11.2. The number of para-hydroxylation sites is 1. The van der Waals surface area contributed by atoms with Gasteiger partial charge in [-0.05, 0) is 49.4 Å². The molecule has 8 heteroatoms. The minimum Gasteiger partial charge on any atom is -0.351 e. The summed E-state index contributed by atoms with van der Waals surface area (Å²) in [6, 6.07) is 11.8. The Bertz CT molecular complexity index is 1340. The van der Waals surface area contributed by atoms with Gasteiger partial charge >= 0.3 is 6.03 Å². The van der Waals surface area contributed by atoms with Gasteiger partial charge in [-0.25, -0.2) is 14.5 Å². The molecule has 3 heterocycles. The molecule has 0 saturated carbocycles. The summed E-state index contributed by atoms with van der Waals surface area (Å²) in [7, 11) is 0. The van der Waals surface area contributed by atoms with Gasteiger partial charge in [0.05, 0.1) is 27.6 Å². The number of fused-ring (bicyclic) bond motifs is 3. The number of nitrogens with two attached hydrogens (primary N) is 1. The molecule has 168 valence electrons. The standard InChI is InChI=1S/C25H26N6OS/c1-4-7-17-11-10-16(13-27-17)21-20-15(3)12-18-23(33-25(28-18)29-24(26)32)22(20)31(30-21)19-9-6-5-8-14(19)2/h5-6,8-11,13,15H,4,7,12H2,1-3H3,(H3,26,28,29,32). The van der Waals surface area contributed by atoms with E-state index in [0.717, 1.165) is 63.7 Å². The van der Waals surface area contributed by atoms with Crippen LogP contribution in [0, 0.1) is 6.92 Å². The highest BCUT2D eigenvalue weighted by molar-refractivity contribution is 7.19. The summed E-state index contributed by atoms with van der Waals surface area (Å²) in [4.78, 5) is 21.8. The van der Waals surface area contributed by atoms with E-state index in [-0.39, 0.29) is 5.92 Å². The monoisotopic (exact) mass is 458 g/mol. The van der Waals surface area contributed by atoms with Crippen molar-refractivity contribution in [3.05, 3.63) is 65.1 Å². The first-order chi connectivity index (χ1) is 16.0. The number of hydrogen-bond donors (Lipinski definition) is 2. The second-order valence-electron chi connectivity index (χ2n) is 8.49. The van der Waals surface area contributed by atoms with Gasteiger partial charge in [-0.15, -0.1) is 0 Å². The first-order valence-corrected chi connectivity index (χ1v) is 12.0. The van der Waals surface area contributed by atoms with Crippen LogP contribution in [0.2, 0.25) is 0 Å². The number of urea groups is 1. The smallest absolute Gasteiger partial charge is 0.318 e. The Balaban J connectivity index is 1.74. The lowest BCUT2D eigenvalue weighted by Gasteiger charge is -2.20. The largest absolute Gasteiger partial charge is 0.351 e. The highest BCUT2D eigenvalue weighted by Crippen LogP contribution is 2.48. The molecule has 0 aliphatic heterocycles. The number of pyridine rings is 1. The number of amides is 2. The number of carbonyl (C=O) groups is 1. The molecule has 0 radical (unpaired) electrons. The van der Waals surface area contributed by atoms with Crippen molar-refractivity contribution in [1.82, 2.24) is 19.7 Å². The van der Waals surface area contributed by atoms with E-state index < -0.39 is 6.03 Å². The molecule has 7 nitrogen and oxygen atoms in total. The number of benzene rings is 1. The second kappa shape index (κ2) is 8.44. The van der Waals surface area contributed by atoms with Crippen LogP contribution < -0.4 is 11.1 Å². The van der Waals surface area contributed by atoms with Crippen LogP contribution in [0.15, 0.2) is 42.6 Å². The van der Waals surface area contributed by atoms with Crippen molar-refractivity contribution in [3.63, 3.8) is 0 Å². The summed E-state index contributed by atoms with van der Waals surface area (Å²) < 4.78 is 2.03. The first kappa shape index (κ1) is 21.3. The second-order valence-corrected chi connectivity index (χ2v) is 9.49. The van der Waals surface area contributed by atoms with Gasteiger partial charge in [-0.3, -0.25) is 10.3 Å². The topological polar surface area (TPSA) is 98.7 Å². The summed E-state index contributed by atoms with van der Waals surface area (Å²) >= 11 is 1.44. The van der Waals surface area contributed by atoms with E-state index in [2.05, 4.69) is 60.3 Å². The molecule has 33 heavy (non-hydrogen) atoms. The van der Waals surface area contributed by atoms with E-state index in [1.165, 1.54) is 16.9 Å². The predicted molar refractivity (Wildman–Crippen MR) is 132 cm³/mol. The fourth-order valence-electron chi connectivity index (χ4n) is 4.50. The fraction of sp³-hybridized carbons (Fsp3) is 0.280. The lowest BCUT2D eigenvalue weighted by molar-refractivity contribution is 0.259. The molecule has 0 spiro atoms. The minimum atomic E-state index is -0.610. The Labute approximate surface area is 196 Å². The molecule has 3 N–H and O–H groups in total. The van der Waals surface area contributed by atoms with Crippen LogP contribution in [0.3, 0.4) is 0 Å². The van der Waals surface area contributed by atoms with Crippen molar-refractivity contribution in [2.24, 2.45) is 5.73 Å². The van der Waals surface area contributed by atoms with Crippen LogP contribution in [0.4, 0.5) is 9.93 Å². The van der Waals surface area contributed by atoms with Gasteiger partial charge in [0.15, 0.2) is 5.13 Å². The normalized spacial score (nSPS) is 14.6. The number of nitrogens with zero attached hydrogens (tertiary/aromatic N) is 4. The molecule has 5 rings (SSSR count). The van der Waals surface area contributed by atoms with Crippen molar-refractivity contribution in [2.75, 3.05) is 5.32 Å². The maximum absolute atomic E-state index is 11.4. The van der Waals surface area contributed by atoms with Gasteiger partial charge in [0, 0.05) is 23.0 Å². The third-order valence-corrected chi connectivity index (χ3v) is 7.02. The molecule has 1 aliphatic carbocycles. The lowest BCUT2D eigenvalue weighted by atomic mass is 9.86. The van der Waals surface area contributed by atoms with Gasteiger partial charge in [0.1, 0.15) is 0 Å². The highest BCUT2D eigenvalue weighted by atomic mass is 32.1. The molecule has 0 fully saturated rings. The van der Waals surface area contributed by atoms with Crippen molar-refractivity contribution >= 4 is 22.5 Å². The van der Waals surface area contributed by atoms with E-state index in [4.69, 9.17) is 10.8 Å². The molecular weight excluding hydrogens is 432 g/mol. The maximum Gasteiger partial charge on any atom is 0.318 e. The van der Waals surface area contributed by atoms with Crippen molar-refractivity contribution < 1.29 is 4.79 Å². The molecule has 4 aromatic rings. The van der Waals surface area contributed by atoms with Crippen molar-refractivity contribution in [3.8, 4) is 27.5 Å². The van der Waals surface area contributed by atoms with Crippen molar-refractivity contribution in [2.45, 2.75) is 46.0 Å². The Hall–Kier alpha value is -3.52. The minimum absolute atomic E-state index is 0.208. The van der Waals surface area contributed by atoms with E-state index >= 15 is 0 Å². The maximum atomic E-state index is 11.4. The Morgan fingerprint density at radius 2 is 2.09 bits per heavy atom. The Morgan fingerprint density at radius 3 is 2.79 bits per heavy atom. The number of nitrogens with one attached hydrogen (secondary N) is 1. The van der Waals surface area contributed by atoms with Crippen LogP contribution in [-0.4, -0.2) is 25.8 Å². The summed E-state index contributed by atoms with van der Waals surface area (Å²) in [5.41, 5.74) is 13.7. The van der Waals surface area contributed by atoms with Gasteiger partial charge in [0.25, 0.3) is 0 Å². The van der Waals surface area contributed by atoms with E-state index in [1.54, 1.807) is 0 Å². The van der Waals surface area contributed by atoms with E-state index in [0.29, 0.717) is 5.13 Å². The summed E-state index contributed by atoms with van der Waals surface area (Å²) in [5.74, 6) is 0.208. The summed E-state index contributed by atoms with van der Waals surface area (Å²) in [6.45, 7) is 6.45. The van der Waals surface area contributed by atoms with Crippen LogP contribution in [0.1, 0.15) is 48.7 Å². The van der Waals surface area contributed by atoms with Gasteiger partial charge in [-0.1, -0.05) is 49.8 Å². The zero-order chi connectivity index (χ0) is 23.1. The SMILES string of the molecule is CCCc1ccc(-c2nn(-c3ccccc3C)c3c2C(C)Cc2nc(NC(N)=O)sc2-3)cn1. The number of aromatic nitrogens is 4. The Kier molecular flexibility index (Phi) is 5.46. The quantitative estimate of drug-likeness (QED) is 0.414. The molecule has 2 amide bonds. The number of rotatable bonds is 5. The Morgan fingerprint density at radius 1 is 1.27 bits per heavy atom. The third kappa shape index (κ3) is 3.80. The summed E-state index contributed by atoms with van der Waals surface area (Å²) in [6.07, 6.45) is 4.74. The molecule has 0 bridgehead atoms. The summed E-state index contributed by atoms with van der Waals surface area (Å²) in [5, 5.41) is 8.28. The van der Waals surface area contributed by atoms with E-state index in [9.17, 15) is 4.79 Å². The molecule has 1 aliphatic rings. The molecule has 1 atom stereocenters. The average Bonchev–Trinajstić information content (AvgIpc) is 3.36. The zero-order valence-corrected chi connectivity index (χ0v) is 19.7. The lowest BCUT2D eigenvalue weighted by Crippen LogP contribution is -2.19. The number of primary amides is 1. The van der Waals surface area contributed by atoms with Crippen LogP contribution in [0.5, 0.6) is 0 Å². The van der Waals surface area contributed by atoms with Gasteiger partial charge < -0.3 is 5.73 Å². The van der Waals surface area contributed by atoms with Crippen molar-refractivity contribution in [1.29, 1.82) is 0 Å². The molecule has 1 unspecified atom stereocenters. The zero-order valence-electron chi connectivity index (χ0n) is 18.9. The van der Waals surface area contributed by atoms with E-state index in [1.807, 2.05) is 23.0 Å². The molecule has 0 saturated heterocycles. The number of thiazole rings is 1. The van der Waals surface area contributed by atoms with Crippen LogP contribution in [0.25, 0.3) is 27.5 Å². The number of carbonyl (C=O) groups excluding carboxylic acids is 1. The van der Waals surface area contributed by atoms with Gasteiger partial charge in [0.2, 0.25) is 0 Å². The molecular formula is C25H26N6OS. The van der Waals surface area contributed by atoms with Crippen LogP contribution in [-0.2, 0) is 12.8 Å². The fourth-order valence-corrected chi connectivity index (χ4v) is 5.54. The average molecular weight is 459 g/mol. The highest BCUT2D eigenvalue weighted by Gasteiger charge is 2.34. The number of aryl methyl sites for hydroxylation is 2.